The molecule has 7 nitrogen and oxygen atoms in total. The lowest BCUT2D eigenvalue weighted by Crippen LogP contribution is -2.41. The lowest BCUT2D eigenvalue weighted by atomic mass is 10.0. The highest BCUT2D eigenvalue weighted by molar-refractivity contribution is 5.80. The van der Waals surface area contributed by atoms with Gasteiger partial charge in [-0.15, -0.1) is 0 Å². The van der Waals surface area contributed by atoms with Crippen LogP contribution in [0.5, 0.6) is 5.75 Å². The van der Waals surface area contributed by atoms with Crippen LogP contribution in [-0.2, 0) is 4.79 Å². The van der Waals surface area contributed by atoms with Crippen molar-refractivity contribution in [3.05, 3.63) is 29.8 Å². The number of nitrogens with zero attached hydrogens (tertiary/aromatic N) is 1. The van der Waals surface area contributed by atoms with Crippen molar-refractivity contribution in [2.24, 2.45) is 10.9 Å². The summed E-state index contributed by atoms with van der Waals surface area (Å²) in [7, 11) is 0. The minimum atomic E-state index is -2.88. The van der Waals surface area contributed by atoms with Crippen LogP contribution >= 0.6 is 0 Å². The fraction of sp³-hybridized carbons (Fsp3) is 0.619. The van der Waals surface area contributed by atoms with E-state index in [0.29, 0.717) is 43.5 Å². The number of aliphatic hydroxyl groups excluding tert-OH is 1. The number of carbonyl (C=O) groups is 1. The van der Waals surface area contributed by atoms with E-state index in [4.69, 9.17) is 0 Å². The summed E-state index contributed by atoms with van der Waals surface area (Å²) in [5, 5.41) is 19.4. The second-order valence-electron chi connectivity index (χ2n) is 7.31. The first-order chi connectivity index (χ1) is 14.5. The van der Waals surface area contributed by atoms with E-state index in [1.165, 1.54) is 37.1 Å². The van der Waals surface area contributed by atoms with Crippen LogP contribution in [0.4, 0.5) is 8.78 Å². The average molecular weight is 427 g/mol. The minimum absolute atomic E-state index is 0.0365. The van der Waals surface area contributed by atoms with Crippen molar-refractivity contribution in [3.8, 4) is 5.75 Å². The molecule has 1 saturated carbocycles. The first kappa shape index (κ1) is 23.9. The van der Waals surface area contributed by atoms with Gasteiger partial charge in [0.15, 0.2) is 5.96 Å². The Hall–Kier alpha value is -2.42. The van der Waals surface area contributed by atoms with Gasteiger partial charge in [0.05, 0.1) is 12.6 Å². The van der Waals surface area contributed by atoms with Crippen LogP contribution in [0, 0.1) is 5.92 Å². The molecule has 1 aromatic rings. The number of ether oxygens (including phenoxy) is 1. The van der Waals surface area contributed by atoms with E-state index in [1.807, 2.05) is 6.92 Å². The van der Waals surface area contributed by atoms with Crippen LogP contribution in [0.25, 0.3) is 0 Å². The van der Waals surface area contributed by atoms with E-state index in [0.717, 1.165) is 12.8 Å². The Bertz CT molecular complexity index is 665. The number of halogens is 2. The summed E-state index contributed by atoms with van der Waals surface area (Å²) in [5.74, 6) is 1.17. The lowest BCUT2D eigenvalue weighted by Gasteiger charge is -2.14. The highest BCUT2D eigenvalue weighted by Gasteiger charge is 2.18. The summed E-state index contributed by atoms with van der Waals surface area (Å²) in [6.45, 7) is 0.793. The molecule has 1 aromatic carbocycles. The van der Waals surface area contributed by atoms with Gasteiger partial charge >= 0.3 is 6.61 Å². The molecule has 0 bridgehead atoms. The number of guanidine groups is 1. The van der Waals surface area contributed by atoms with Crippen molar-refractivity contribution in [3.63, 3.8) is 0 Å². The molecule has 1 aliphatic carbocycles. The van der Waals surface area contributed by atoms with E-state index in [9.17, 15) is 18.7 Å². The highest BCUT2D eigenvalue weighted by Crippen LogP contribution is 2.27. The number of hydrogen-bond acceptors (Lipinski definition) is 4. The van der Waals surface area contributed by atoms with Crippen molar-refractivity contribution in [2.75, 3.05) is 26.2 Å². The average Bonchev–Trinajstić information content (AvgIpc) is 3.22. The molecule has 4 N–H and O–H groups in total. The molecular formula is C21H32F2N4O3. The monoisotopic (exact) mass is 426 g/mol. The number of nitrogens with one attached hydrogen (secondary N) is 3. The molecule has 1 atom stereocenters. The van der Waals surface area contributed by atoms with Crippen molar-refractivity contribution in [1.29, 1.82) is 0 Å². The fourth-order valence-electron chi connectivity index (χ4n) is 3.43. The van der Waals surface area contributed by atoms with Gasteiger partial charge in [0.25, 0.3) is 0 Å². The molecule has 1 amide bonds. The van der Waals surface area contributed by atoms with E-state index in [-0.39, 0.29) is 18.2 Å². The molecule has 30 heavy (non-hydrogen) atoms. The van der Waals surface area contributed by atoms with Crippen LogP contribution in [-0.4, -0.2) is 49.8 Å². The normalized spacial score (nSPS) is 15.8. The predicted molar refractivity (Wildman–Crippen MR) is 112 cm³/mol. The third-order valence-electron chi connectivity index (χ3n) is 4.95. The van der Waals surface area contributed by atoms with Gasteiger partial charge in [-0.3, -0.25) is 9.79 Å². The van der Waals surface area contributed by atoms with E-state index < -0.39 is 12.7 Å². The van der Waals surface area contributed by atoms with E-state index >= 15 is 0 Å². The Labute approximate surface area is 176 Å². The van der Waals surface area contributed by atoms with Crippen molar-refractivity contribution < 1.29 is 23.4 Å². The molecule has 2 rings (SSSR count). The SMILES string of the molecule is CCNC(=NCC(O)c1ccc(OC(F)F)cc1)NCCNC(=O)CC1CCCC1. The van der Waals surface area contributed by atoms with Crippen LogP contribution in [0.15, 0.2) is 29.3 Å². The Morgan fingerprint density at radius 1 is 1.17 bits per heavy atom. The van der Waals surface area contributed by atoms with Crippen molar-refractivity contribution >= 4 is 11.9 Å². The smallest absolute Gasteiger partial charge is 0.387 e. The van der Waals surface area contributed by atoms with Crippen molar-refractivity contribution in [2.45, 2.75) is 51.7 Å². The molecule has 0 aliphatic heterocycles. The lowest BCUT2D eigenvalue weighted by molar-refractivity contribution is -0.121. The Morgan fingerprint density at radius 2 is 1.83 bits per heavy atom. The second kappa shape index (κ2) is 13.0. The number of benzene rings is 1. The number of alkyl halides is 2. The van der Waals surface area contributed by atoms with E-state index in [1.54, 1.807) is 0 Å². The maximum Gasteiger partial charge on any atom is 0.387 e. The summed E-state index contributed by atoms with van der Waals surface area (Å²) < 4.78 is 28.7. The molecule has 0 spiro atoms. The van der Waals surface area contributed by atoms with E-state index in [2.05, 4.69) is 25.7 Å². The predicted octanol–water partition coefficient (Wildman–Crippen LogP) is 2.57. The molecule has 0 saturated heterocycles. The van der Waals surface area contributed by atoms with Crippen LogP contribution < -0.4 is 20.7 Å². The quantitative estimate of drug-likeness (QED) is 0.248. The fourth-order valence-corrected chi connectivity index (χ4v) is 3.43. The number of aliphatic imine (C=N–C) groups is 1. The van der Waals surface area contributed by atoms with Gasteiger partial charge in [-0.05, 0) is 43.4 Å². The van der Waals surface area contributed by atoms with Crippen LogP contribution in [0.3, 0.4) is 0 Å². The number of hydrogen-bond donors (Lipinski definition) is 4. The molecule has 0 heterocycles. The molecule has 0 radical (unpaired) electrons. The second-order valence-corrected chi connectivity index (χ2v) is 7.31. The van der Waals surface area contributed by atoms with Gasteiger partial charge in [-0.1, -0.05) is 25.0 Å². The zero-order chi connectivity index (χ0) is 21.8. The van der Waals surface area contributed by atoms with Gasteiger partial charge in [0.1, 0.15) is 5.75 Å². The number of aliphatic hydroxyl groups is 1. The van der Waals surface area contributed by atoms with Gasteiger partial charge in [-0.25, -0.2) is 0 Å². The molecule has 1 aliphatic rings. The standard InChI is InChI=1S/C21H32F2N4O3/c1-2-24-21(26-12-11-25-19(29)13-15-5-3-4-6-15)27-14-18(28)16-7-9-17(10-8-16)30-20(22)23/h7-10,15,18,20,28H,2-6,11-14H2,1H3,(H,25,29)(H2,24,26,27). The molecule has 9 heteroatoms. The molecule has 1 fully saturated rings. The summed E-state index contributed by atoms with van der Waals surface area (Å²) in [4.78, 5) is 16.3. The number of rotatable bonds is 11. The van der Waals surface area contributed by atoms with Crippen molar-refractivity contribution in [1.82, 2.24) is 16.0 Å². The number of carbonyl (C=O) groups excluding carboxylic acids is 1. The molecular weight excluding hydrogens is 394 g/mol. The third kappa shape index (κ3) is 8.94. The third-order valence-corrected chi connectivity index (χ3v) is 4.95. The summed E-state index contributed by atoms with van der Waals surface area (Å²) >= 11 is 0. The Balaban J connectivity index is 1.73. The Kier molecular flexibility index (Phi) is 10.3. The highest BCUT2D eigenvalue weighted by atomic mass is 19.3. The van der Waals surface area contributed by atoms with Gasteiger partial charge in [0, 0.05) is 26.1 Å². The summed E-state index contributed by atoms with van der Waals surface area (Å²) in [6.07, 6.45) is 4.46. The first-order valence-electron chi connectivity index (χ1n) is 10.5. The van der Waals surface area contributed by atoms with Crippen LogP contribution in [0.2, 0.25) is 0 Å². The van der Waals surface area contributed by atoms with Gasteiger partial charge in [0.2, 0.25) is 5.91 Å². The minimum Gasteiger partial charge on any atom is -0.435 e. The maximum absolute atomic E-state index is 12.2. The topological polar surface area (TPSA) is 95.0 Å². The summed E-state index contributed by atoms with van der Waals surface area (Å²) in [5.41, 5.74) is 0.551. The number of amides is 1. The molecule has 168 valence electrons. The Morgan fingerprint density at radius 3 is 2.47 bits per heavy atom. The largest absolute Gasteiger partial charge is 0.435 e. The van der Waals surface area contributed by atoms with Gasteiger partial charge in [-0.2, -0.15) is 8.78 Å². The summed E-state index contributed by atoms with van der Waals surface area (Å²) in [6, 6.07) is 5.81. The molecule has 0 aromatic heterocycles. The first-order valence-corrected chi connectivity index (χ1v) is 10.5. The maximum atomic E-state index is 12.2. The van der Waals surface area contributed by atoms with Crippen LogP contribution in [0.1, 0.15) is 50.7 Å². The zero-order valence-electron chi connectivity index (χ0n) is 17.4. The molecule has 1 unspecified atom stereocenters. The zero-order valence-corrected chi connectivity index (χ0v) is 17.4. The van der Waals surface area contributed by atoms with Gasteiger partial charge < -0.3 is 25.8 Å².